The molecular formula is C12H21NO3. The Kier molecular flexibility index (Phi) is 3.94. The molecule has 2 atom stereocenters. The van der Waals surface area contributed by atoms with Crippen molar-refractivity contribution in [2.45, 2.75) is 40.0 Å². The lowest BCUT2D eigenvalue weighted by Crippen LogP contribution is -2.36. The molecule has 0 aromatic rings. The van der Waals surface area contributed by atoms with Gasteiger partial charge in [-0.1, -0.05) is 20.8 Å². The van der Waals surface area contributed by atoms with Crippen molar-refractivity contribution in [2.75, 3.05) is 6.54 Å². The maximum Gasteiger partial charge on any atom is 0.306 e. The molecule has 1 amide bonds. The summed E-state index contributed by atoms with van der Waals surface area (Å²) in [6, 6.07) is 0. The van der Waals surface area contributed by atoms with Gasteiger partial charge in [-0.2, -0.15) is 0 Å². The van der Waals surface area contributed by atoms with Crippen LogP contribution in [0.4, 0.5) is 0 Å². The van der Waals surface area contributed by atoms with Gasteiger partial charge in [-0.3, -0.25) is 9.59 Å². The zero-order valence-electron chi connectivity index (χ0n) is 10.2. The summed E-state index contributed by atoms with van der Waals surface area (Å²) in [7, 11) is 0. The van der Waals surface area contributed by atoms with E-state index in [-0.39, 0.29) is 23.2 Å². The fraction of sp³-hybridized carbons (Fsp3) is 0.833. The second-order valence-corrected chi connectivity index (χ2v) is 5.82. The highest BCUT2D eigenvalue weighted by Gasteiger charge is 2.33. The number of hydrogen-bond donors (Lipinski definition) is 2. The maximum atomic E-state index is 11.8. The van der Waals surface area contributed by atoms with Gasteiger partial charge in [0.25, 0.3) is 0 Å². The summed E-state index contributed by atoms with van der Waals surface area (Å²) in [6.07, 6.45) is 1.82. The molecule has 0 unspecified atom stereocenters. The molecule has 1 rings (SSSR count). The molecular weight excluding hydrogens is 206 g/mol. The first-order valence-electron chi connectivity index (χ1n) is 5.80. The third-order valence-electron chi connectivity index (χ3n) is 2.95. The van der Waals surface area contributed by atoms with E-state index in [1.165, 1.54) is 0 Å². The fourth-order valence-electron chi connectivity index (χ4n) is 1.94. The molecule has 1 aliphatic carbocycles. The van der Waals surface area contributed by atoms with Crippen LogP contribution in [-0.4, -0.2) is 23.5 Å². The Morgan fingerprint density at radius 2 is 1.81 bits per heavy atom. The second-order valence-electron chi connectivity index (χ2n) is 5.82. The molecule has 2 N–H and O–H groups in total. The average molecular weight is 227 g/mol. The standard InChI is InChI=1S/C12H21NO3/c1-12(2,3)7-13-10(14)8-4-5-9(6-8)11(15)16/h8-9H,4-7H2,1-3H3,(H,13,14)(H,15,16)/t8-,9+/m1/s1. The van der Waals surface area contributed by atoms with E-state index < -0.39 is 5.97 Å². The van der Waals surface area contributed by atoms with Crippen LogP contribution < -0.4 is 5.32 Å². The summed E-state index contributed by atoms with van der Waals surface area (Å²) in [6.45, 7) is 6.81. The van der Waals surface area contributed by atoms with Crippen molar-refractivity contribution >= 4 is 11.9 Å². The predicted octanol–water partition coefficient (Wildman–Crippen LogP) is 1.65. The van der Waals surface area contributed by atoms with Crippen LogP contribution in [0.1, 0.15) is 40.0 Å². The highest BCUT2D eigenvalue weighted by molar-refractivity contribution is 5.80. The van der Waals surface area contributed by atoms with Gasteiger partial charge in [0, 0.05) is 12.5 Å². The maximum absolute atomic E-state index is 11.8. The molecule has 0 bridgehead atoms. The minimum absolute atomic E-state index is 0.0127. The molecule has 0 radical (unpaired) electrons. The Balaban J connectivity index is 2.37. The summed E-state index contributed by atoms with van der Waals surface area (Å²) >= 11 is 0. The van der Waals surface area contributed by atoms with E-state index in [2.05, 4.69) is 26.1 Å². The van der Waals surface area contributed by atoms with Crippen LogP contribution in [0.3, 0.4) is 0 Å². The van der Waals surface area contributed by atoms with Gasteiger partial charge in [0.1, 0.15) is 0 Å². The highest BCUT2D eigenvalue weighted by atomic mass is 16.4. The van der Waals surface area contributed by atoms with Gasteiger partial charge >= 0.3 is 5.97 Å². The molecule has 4 nitrogen and oxygen atoms in total. The third kappa shape index (κ3) is 3.83. The summed E-state index contributed by atoms with van der Waals surface area (Å²) in [5.41, 5.74) is 0.0699. The van der Waals surface area contributed by atoms with Gasteiger partial charge in [-0.05, 0) is 24.7 Å². The SMILES string of the molecule is CC(C)(C)CNC(=O)[C@@H]1CC[C@H](C(=O)O)C1. The van der Waals surface area contributed by atoms with Crippen LogP contribution in [0.2, 0.25) is 0 Å². The molecule has 1 saturated carbocycles. The normalized spacial score (nSPS) is 25.4. The molecule has 1 fully saturated rings. The van der Waals surface area contributed by atoms with Crippen molar-refractivity contribution in [1.29, 1.82) is 0 Å². The van der Waals surface area contributed by atoms with Crippen molar-refractivity contribution in [2.24, 2.45) is 17.3 Å². The third-order valence-corrected chi connectivity index (χ3v) is 2.95. The van der Waals surface area contributed by atoms with Gasteiger partial charge in [-0.25, -0.2) is 0 Å². The van der Waals surface area contributed by atoms with Crippen molar-refractivity contribution in [3.05, 3.63) is 0 Å². The van der Waals surface area contributed by atoms with Crippen LogP contribution in [-0.2, 0) is 9.59 Å². The van der Waals surface area contributed by atoms with E-state index in [0.717, 1.165) is 0 Å². The molecule has 0 spiro atoms. The van der Waals surface area contributed by atoms with E-state index in [0.29, 0.717) is 25.8 Å². The number of aliphatic carboxylic acids is 1. The Hall–Kier alpha value is -1.06. The smallest absolute Gasteiger partial charge is 0.306 e. The zero-order chi connectivity index (χ0) is 12.3. The molecule has 0 saturated heterocycles. The summed E-state index contributed by atoms with van der Waals surface area (Å²) in [5.74, 6) is -1.20. The van der Waals surface area contributed by atoms with Crippen LogP contribution >= 0.6 is 0 Å². The minimum Gasteiger partial charge on any atom is -0.481 e. The Labute approximate surface area is 96.4 Å². The Morgan fingerprint density at radius 3 is 2.25 bits per heavy atom. The first kappa shape index (κ1) is 13.0. The molecule has 92 valence electrons. The minimum atomic E-state index is -0.772. The Bertz CT molecular complexity index is 280. The van der Waals surface area contributed by atoms with Crippen LogP contribution in [0.25, 0.3) is 0 Å². The van der Waals surface area contributed by atoms with Gasteiger partial charge in [0.2, 0.25) is 5.91 Å². The fourth-order valence-corrected chi connectivity index (χ4v) is 1.94. The number of carbonyl (C=O) groups is 2. The summed E-state index contributed by atoms with van der Waals surface area (Å²) in [4.78, 5) is 22.5. The van der Waals surface area contributed by atoms with Crippen molar-refractivity contribution in [3.8, 4) is 0 Å². The number of carboxylic acid groups (broad SMARTS) is 1. The lowest BCUT2D eigenvalue weighted by Gasteiger charge is -2.20. The number of hydrogen-bond acceptors (Lipinski definition) is 2. The molecule has 0 aromatic heterocycles. The van der Waals surface area contributed by atoms with Crippen molar-refractivity contribution in [3.63, 3.8) is 0 Å². The van der Waals surface area contributed by atoms with Crippen LogP contribution in [0, 0.1) is 17.3 Å². The number of carboxylic acids is 1. The number of rotatable bonds is 3. The van der Waals surface area contributed by atoms with Crippen LogP contribution in [0.15, 0.2) is 0 Å². The summed E-state index contributed by atoms with van der Waals surface area (Å²) in [5, 5.41) is 11.7. The van der Waals surface area contributed by atoms with Gasteiger partial charge < -0.3 is 10.4 Å². The lowest BCUT2D eigenvalue weighted by molar-refractivity contribution is -0.141. The summed E-state index contributed by atoms with van der Waals surface area (Å²) < 4.78 is 0. The number of carbonyl (C=O) groups excluding carboxylic acids is 1. The predicted molar refractivity (Wildman–Crippen MR) is 60.9 cm³/mol. The van der Waals surface area contributed by atoms with Gasteiger partial charge in [0.15, 0.2) is 0 Å². The topological polar surface area (TPSA) is 66.4 Å². The van der Waals surface area contributed by atoms with E-state index in [1.54, 1.807) is 0 Å². The largest absolute Gasteiger partial charge is 0.481 e. The van der Waals surface area contributed by atoms with E-state index in [1.807, 2.05) is 0 Å². The first-order chi connectivity index (χ1) is 7.29. The van der Waals surface area contributed by atoms with Crippen molar-refractivity contribution in [1.82, 2.24) is 5.32 Å². The molecule has 0 aromatic carbocycles. The molecule has 16 heavy (non-hydrogen) atoms. The van der Waals surface area contributed by atoms with E-state index >= 15 is 0 Å². The highest BCUT2D eigenvalue weighted by Crippen LogP contribution is 2.31. The number of amides is 1. The Morgan fingerprint density at radius 1 is 1.25 bits per heavy atom. The quantitative estimate of drug-likeness (QED) is 0.770. The zero-order valence-corrected chi connectivity index (χ0v) is 10.2. The van der Waals surface area contributed by atoms with Crippen molar-refractivity contribution < 1.29 is 14.7 Å². The molecule has 4 heteroatoms. The molecule has 1 aliphatic rings. The van der Waals surface area contributed by atoms with Gasteiger partial charge in [0.05, 0.1) is 5.92 Å². The molecule has 0 aliphatic heterocycles. The van der Waals surface area contributed by atoms with Crippen LogP contribution in [0.5, 0.6) is 0 Å². The first-order valence-corrected chi connectivity index (χ1v) is 5.80. The lowest BCUT2D eigenvalue weighted by atomic mass is 9.96. The number of nitrogens with one attached hydrogen (secondary N) is 1. The average Bonchev–Trinajstić information content (AvgIpc) is 2.61. The molecule has 0 heterocycles. The van der Waals surface area contributed by atoms with Gasteiger partial charge in [-0.15, -0.1) is 0 Å². The van der Waals surface area contributed by atoms with E-state index in [9.17, 15) is 9.59 Å². The monoisotopic (exact) mass is 227 g/mol. The second kappa shape index (κ2) is 4.85. The van der Waals surface area contributed by atoms with E-state index in [4.69, 9.17) is 5.11 Å².